The number of nitrogens with zero attached hydrogens (tertiary/aromatic N) is 2. The van der Waals surface area contributed by atoms with E-state index >= 15 is 0 Å². The Morgan fingerprint density at radius 3 is 2.74 bits per heavy atom. The summed E-state index contributed by atoms with van der Waals surface area (Å²) in [5.74, 6) is 3.34. The number of thioether (sulfide) groups is 1. The molecule has 0 aromatic carbocycles. The third kappa shape index (κ3) is 3.59. The predicted molar refractivity (Wildman–Crippen MR) is 74.1 cm³/mol. The first-order chi connectivity index (χ1) is 9.24. The monoisotopic (exact) mass is 282 g/mol. The van der Waals surface area contributed by atoms with Gasteiger partial charge in [-0.25, -0.2) is 4.98 Å². The standard InChI is InChI=1S/C13H18N2O3S/c1-17-11-8-14-12(13(15-11)18-2)10(16)7-9-3-5-19-6-4-9/h8-9H,3-7H2,1-2H3. The maximum atomic E-state index is 12.3. The fourth-order valence-corrected chi connectivity index (χ4v) is 3.30. The Hall–Kier alpha value is -1.30. The Morgan fingerprint density at radius 1 is 1.37 bits per heavy atom. The zero-order chi connectivity index (χ0) is 13.7. The van der Waals surface area contributed by atoms with E-state index in [9.17, 15) is 4.79 Å². The average Bonchev–Trinajstić information content (AvgIpc) is 2.47. The molecule has 1 aromatic heterocycles. The molecule has 1 fully saturated rings. The van der Waals surface area contributed by atoms with Gasteiger partial charge in [0.05, 0.1) is 20.4 Å². The molecular weight excluding hydrogens is 264 g/mol. The van der Waals surface area contributed by atoms with Crippen molar-refractivity contribution in [3.63, 3.8) is 0 Å². The van der Waals surface area contributed by atoms with E-state index in [1.165, 1.54) is 20.4 Å². The Balaban J connectivity index is 2.09. The zero-order valence-corrected chi connectivity index (χ0v) is 12.0. The van der Waals surface area contributed by atoms with Crippen molar-refractivity contribution < 1.29 is 14.3 Å². The number of ether oxygens (including phenoxy) is 2. The van der Waals surface area contributed by atoms with E-state index in [2.05, 4.69) is 9.97 Å². The Kier molecular flexibility index (Phi) is 5.01. The maximum Gasteiger partial charge on any atom is 0.246 e. The summed E-state index contributed by atoms with van der Waals surface area (Å²) in [6.07, 6.45) is 4.18. The van der Waals surface area contributed by atoms with Crippen LogP contribution in [-0.4, -0.2) is 41.5 Å². The third-order valence-corrected chi connectivity index (χ3v) is 4.25. The number of carbonyl (C=O) groups excluding carboxylic acids is 1. The minimum atomic E-state index is 0.00361. The van der Waals surface area contributed by atoms with Gasteiger partial charge in [-0.2, -0.15) is 16.7 Å². The number of rotatable bonds is 5. The second-order valence-electron chi connectivity index (χ2n) is 4.45. The van der Waals surface area contributed by atoms with Crippen LogP contribution in [0.25, 0.3) is 0 Å². The number of hydrogen-bond acceptors (Lipinski definition) is 6. The van der Waals surface area contributed by atoms with Gasteiger partial charge in [-0.1, -0.05) is 0 Å². The summed E-state index contributed by atoms with van der Waals surface area (Å²) in [5, 5.41) is 0. The quantitative estimate of drug-likeness (QED) is 0.772. The van der Waals surface area contributed by atoms with Gasteiger partial charge in [0.2, 0.25) is 11.8 Å². The molecule has 5 nitrogen and oxygen atoms in total. The summed E-state index contributed by atoms with van der Waals surface area (Å²) in [6, 6.07) is 0. The van der Waals surface area contributed by atoms with Crippen LogP contribution < -0.4 is 9.47 Å². The number of ketones is 1. The second-order valence-corrected chi connectivity index (χ2v) is 5.68. The van der Waals surface area contributed by atoms with Crippen LogP contribution in [0, 0.1) is 5.92 Å². The molecule has 19 heavy (non-hydrogen) atoms. The topological polar surface area (TPSA) is 61.3 Å². The van der Waals surface area contributed by atoms with Crippen molar-refractivity contribution in [2.24, 2.45) is 5.92 Å². The summed E-state index contributed by atoms with van der Waals surface area (Å²) in [4.78, 5) is 20.5. The molecule has 2 rings (SSSR count). The molecule has 0 spiro atoms. The summed E-state index contributed by atoms with van der Waals surface area (Å²) in [7, 11) is 2.99. The Morgan fingerprint density at radius 2 is 2.11 bits per heavy atom. The molecule has 0 saturated carbocycles. The van der Waals surface area contributed by atoms with Crippen molar-refractivity contribution >= 4 is 17.5 Å². The minimum absolute atomic E-state index is 0.00361. The smallest absolute Gasteiger partial charge is 0.246 e. The van der Waals surface area contributed by atoms with E-state index in [0.29, 0.717) is 23.9 Å². The SMILES string of the molecule is COc1cnc(C(=O)CC2CCSCC2)c(OC)n1. The van der Waals surface area contributed by atoms with Crippen LogP contribution in [0.15, 0.2) is 6.20 Å². The summed E-state index contributed by atoms with van der Waals surface area (Å²) < 4.78 is 10.1. The molecule has 1 aliphatic heterocycles. The zero-order valence-electron chi connectivity index (χ0n) is 11.2. The molecule has 1 aromatic rings. The summed E-state index contributed by atoms with van der Waals surface area (Å²) >= 11 is 1.95. The lowest BCUT2D eigenvalue weighted by Crippen LogP contribution is -2.16. The van der Waals surface area contributed by atoms with E-state index in [1.807, 2.05) is 11.8 Å². The molecule has 104 valence electrons. The van der Waals surface area contributed by atoms with E-state index in [4.69, 9.17) is 9.47 Å². The van der Waals surface area contributed by atoms with Crippen molar-refractivity contribution in [3.8, 4) is 11.8 Å². The predicted octanol–water partition coefficient (Wildman–Crippen LogP) is 2.21. The lowest BCUT2D eigenvalue weighted by Gasteiger charge is -2.20. The maximum absolute atomic E-state index is 12.3. The molecular formula is C13H18N2O3S. The van der Waals surface area contributed by atoms with E-state index in [1.54, 1.807) is 0 Å². The largest absolute Gasteiger partial charge is 0.480 e. The van der Waals surface area contributed by atoms with Gasteiger partial charge < -0.3 is 9.47 Å². The van der Waals surface area contributed by atoms with Crippen LogP contribution in [0.1, 0.15) is 29.8 Å². The van der Waals surface area contributed by atoms with Gasteiger partial charge in [0, 0.05) is 6.42 Å². The molecule has 0 radical (unpaired) electrons. The molecule has 1 saturated heterocycles. The van der Waals surface area contributed by atoms with Crippen LogP contribution in [0.2, 0.25) is 0 Å². The number of hydrogen-bond donors (Lipinski definition) is 0. The average molecular weight is 282 g/mol. The highest BCUT2D eigenvalue weighted by molar-refractivity contribution is 7.99. The van der Waals surface area contributed by atoms with Crippen LogP contribution in [0.5, 0.6) is 11.8 Å². The van der Waals surface area contributed by atoms with Crippen molar-refractivity contribution in [1.82, 2.24) is 9.97 Å². The van der Waals surface area contributed by atoms with Crippen LogP contribution in [0.3, 0.4) is 0 Å². The molecule has 1 aliphatic rings. The molecule has 2 heterocycles. The highest BCUT2D eigenvalue weighted by atomic mass is 32.2. The molecule has 0 N–H and O–H groups in total. The van der Waals surface area contributed by atoms with Gasteiger partial charge in [-0.3, -0.25) is 4.79 Å². The van der Waals surface area contributed by atoms with Gasteiger partial charge in [-0.15, -0.1) is 0 Å². The highest BCUT2D eigenvalue weighted by Crippen LogP contribution is 2.27. The van der Waals surface area contributed by atoms with Gasteiger partial charge in [-0.05, 0) is 30.3 Å². The van der Waals surface area contributed by atoms with Gasteiger partial charge in [0.15, 0.2) is 11.5 Å². The Bertz CT molecular complexity index is 448. The molecule has 0 atom stereocenters. The van der Waals surface area contributed by atoms with Crippen LogP contribution in [0.4, 0.5) is 0 Å². The fourth-order valence-electron chi connectivity index (χ4n) is 2.10. The molecule has 0 aliphatic carbocycles. The van der Waals surface area contributed by atoms with Gasteiger partial charge in [0.25, 0.3) is 0 Å². The van der Waals surface area contributed by atoms with Crippen LogP contribution in [-0.2, 0) is 0 Å². The van der Waals surface area contributed by atoms with E-state index in [-0.39, 0.29) is 11.7 Å². The number of aromatic nitrogens is 2. The first-order valence-corrected chi connectivity index (χ1v) is 7.46. The molecule has 6 heteroatoms. The van der Waals surface area contributed by atoms with Crippen molar-refractivity contribution in [2.45, 2.75) is 19.3 Å². The van der Waals surface area contributed by atoms with E-state index in [0.717, 1.165) is 24.3 Å². The van der Waals surface area contributed by atoms with Gasteiger partial charge in [0.1, 0.15) is 0 Å². The number of Topliss-reactive ketones (excluding diaryl/α,β-unsaturated/α-hetero) is 1. The molecule has 0 unspecified atom stereocenters. The van der Waals surface area contributed by atoms with Crippen molar-refractivity contribution in [3.05, 3.63) is 11.9 Å². The summed E-state index contributed by atoms with van der Waals surface area (Å²) in [6.45, 7) is 0. The third-order valence-electron chi connectivity index (χ3n) is 3.20. The number of carbonyl (C=O) groups is 1. The highest BCUT2D eigenvalue weighted by Gasteiger charge is 2.22. The first-order valence-electron chi connectivity index (χ1n) is 6.30. The van der Waals surface area contributed by atoms with Crippen molar-refractivity contribution in [1.29, 1.82) is 0 Å². The van der Waals surface area contributed by atoms with E-state index < -0.39 is 0 Å². The van der Waals surface area contributed by atoms with Crippen LogP contribution >= 0.6 is 11.8 Å². The molecule has 0 amide bonds. The lowest BCUT2D eigenvalue weighted by molar-refractivity contribution is 0.0949. The Labute approximate surface area is 117 Å². The fraction of sp³-hybridized carbons (Fsp3) is 0.615. The first kappa shape index (κ1) is 14.1. The van der Waals surface area contributed by atoms with Gasteiger partial charge >= 0.3 is 0 Å². The minimum Gasteiger partial charge on any atom is -0.480 e. The lowest BCUT2D eigenvalue weighted by atomic mass is 9.95. The van der Waals surface area contributed by atoms with Crippen molar-refractivity contribution in [2.75, 3.05) is 25.7 Å². The number of methoxy groups -OCH3 is 2. The second kappa shape index (κ2) is 6.75. The summed E-state index contributed by atoms with van der Waals surface area (Å²) in [5.41, 5.74) is 0.307. The normalized spacial score (nSPS) is 16.1. The molecule has 0 bridgehead atoms.